The van der Waals surface area contributed by atoms with Crippen molar-refractivity contribution in [3.63, 3.8) is 0 Å². The Morgan fingerprint density at radius 3 is 1.36 bits per heavy atom. The molecule has 5 heteroatoms. The number of fused-ring (bicyclic) bond motifs is 8. The fourth-order valence-corrected chi connectivity index (χ4v) is 8.96. The summed E-state index contributed by atoms with van der Waals surface area (Å²) in [6.45, 7) is 0. The fourth-order valence-electron chi connectivity index (χ4n) is 8.96. The van der Waals surface area contributed by atoms with Gasteiger partial charge < -0.3 is 4.90 Å². The van der Waals surface area contributed by atoms with E-state index in [0.29, 0.717) is 0 Å². The van der Waals surface area contributed by atoms with Gasteiger partial charge in [-0.2, -0.15) is 0 Å². The molecule has 0 amide bonds. The molecule has 0 radical (unpaired) electrons. The van der Waals surface area contributed by atoms with Crippen LogP contribution in [0, 0.1) is 0 Å². The summed E-state index contributed by atoms with van der Waals surface area (Å²) in [5.74, 6) is 0.819. The topological polar surface area (TPSA) is 38.4 Å². The van der Waals surface area contributed by atoms with E-state index in [1.165, 1.54) is 33.0 Å². The van der Waals surface area contributed by atoms with Crippen molar-refractivity contribution < 1.29 is 0 Å². The van der Waals surface area contributed by atoms with Gasteiger partial charge in [0.05, 0.1) is 27.6 Å². The molecule has 0 aliphatic rings. The molecule has 3 heterocycles. The van der Waals surface area contributed by atoms with Crippen LogP contribution in [0.5, 0.6) is 0 Å². The molecule has 286 valence electrons. The molecule has 0 unspecified atom stereocenters. The Hall–Kier alpha value is -8.28. The first-order valence-electron chi connectivity index (χ1n) is 20.7. The van der Waals surface area contributed by atoms with E-state index in [9.17, 15) is 0 Å². The molecular weight excluding hydrogens is 743 g/mol. The SMILES string of the molecule is c1ccc(-c2ccc(N(c3ccc(-c4ccccc4)cc3)c3ccc(-c4ccc5c(c4)c4ccccc4n5-c4nc5ccccc5c5nc6ccccc6n45)cc3)cc2)cc1. The van der Waals surface area contributed by atoms with E-state index < -0.39 is 0 Å². The Bertz CT molecular complexity index is 3470. The maximum absolute atomic E-state index is 5.35. The van der Waals surface area contributed by atoms with Crippen LogP contribution in [0.2, 0.25) is 0 Å². The van der Waals surface area contributed by atoms with Gasteiger partial charge in [0.2, 0.25) is 5.95 Å². The van der Waals surface area contributed by atoms with Crippen molar-refractivity contribution in [1.29, 1.82) is 0 Å². The Balaban J connectivity index is 0.963. The summed E-state index contributed by atoms with van der Waals surface area (Å²) in [4.78, 5) is 12.8. The molecule has 0 aliphatic carbocycles. The first kappa shape index (κ1) is 34.7. The van der Waals surface area contributed by atoms with Gasteiger partial charge in [-0.1, -0.05) is 146 Å². The van der Waals surface area contributed by atoms with Crippen LogP contribution in [0.1, 0.15) is 0 Å². The summed E-state index contributed by atoms with van der Waals surface area (Å²) in [7, 11) is 0. The molecule has 12 rings (SSSR count). The zero-order chi connectivity index (χ0) is 40.3. The molecule has 5 nitrogen and oxygen atoms in total. The van der Waals surface area contributed by atoms with Gasteiger partial charge in [0, 0.05) is 33.2 Å². The summed E-state index contributed by atoms with van der Waals surface area (Å²) >= 11 is 0. The number of imidazole rings is 1. The molecule has 12 aromatic rings. The van der Waals surface area contributed by atoms with E-state index in [-0.39, 0.29) is 0 Å². The average Bonchev–Trinajstić information content (AvgIpc) is 3.89. The normalized spacial score (nSPS) is 11.6. The lowest BCUT2D eigenvalue weighted by Crippen LogP contribution is -2.09. The van der Waals surface area contributed by atoms with Crippen LogP contribution < -0.4 is 4.90 Å². The van der Waals surface area contributed by atoms with Crippen molar-refractivity contribution >= 4 is 66.5 Å². The lowest BCUT2D eigenvalue weighted by molar-refractivity contribution is 0.979. The molecule has 0 bridgehead atoms. The standard InChI is InChI=1S/C56H37N5/c1-3-13-38(14-4-1)40-23-30-44(31-24-40)59(45-32-25-41(26-33-45)39-15-5-2-6-16-39)46-34-27-42(28-35-46)43-29-36-53-49(37-43)47-17-8-11-21-52(47)60(53)56-58-50-19-9-7-18-48(50)55-57-51-20-10-12-22-54(51)61(55)56/h1-37H. The average molecular weight is 780 g/mol. The third-order valence-corrected chi connectivity index (χ3v) is 11.9. The number of hydrogen-bond donors (Lipinski definition) is 0. The molecule has 0 aliphatic heterocycles. The van der Waals surface area contributed by atoms with Crippen molar-refractivity contribution in [3.8, 4) is 39.3 Å². The fraction of sp³-hybridized carbons (Fsp3) is 0. The Morgan fingerprint density at radius 1 is 0.311 bits per heavy atom. The number of para-hydroxylation sites is 4. The predicted octanol–water partition coefficient (Wildman–Crippen LogP) is 14.6. The summed E-state index contributed by atoms with van der Waals surface area (Å²) in [5.41, 5.74) is 16.3. The molecule has 0 spiro atoms. The highest BCUT2D eigenvalue weighted by atomic mass is 15.2. The number of hydrogen-bond acceptors (Lipinski definition) is 3. The Morgan fingerprint density at radius 2 is 0.754 bits per heavy atom. The molecular formula is C56H37N5. The van der Waals surface area contributed by atoms with Crippen LogP contribution in [0.15, 0.2) is 224 Å². The van der Waals surface area contributed by atoms with E-state index in [1.807, 2.05) is 12.1 Å². The van der Waals surface area contributed by atoms with Gasteiger partial charge in [-0.15, -0.1) is 0 Å². The van der Waals surface area contributed by atoms with E-state index in [1.54, 1.807) is 0 Å². The van der Waals surface area contributed by atoms with Gasteiger partial charge in [-0.05, 0) is 112 Å². The third kappa shape index (κ3) is 5.86. The van der Waals surface area contributed by atoms with Crippen molar-refractivity contribution in [2.45, 2.75) is 0 Å². The van der Waals surface area contributed by atoms with Crippen LogP contribution in [0.25, 0.3) is 88.7 Å². The summed E-state index contributed by atoms with van der Waals surface area (Å²) < 4.78 is 4.52. The van der Waals surface area contributed by atoms with Crippen molar-refractivity contribution in [2.75, 3.05) is 4.90 Å². The second kappa shape index (κ2) is 14.2. The largest absolute Gasteiger partial charge is 0.311 e. The van der Waals surface area contributed by atoms with Gasteiger partial charge in [0.15, 0.2) is 0 Å². The molecule has 0 saturated heterocycles. The predicted molar refractivity (Wildman–Crippen MR) is 253 cm³/mol. The second-order valence-electron chi connectivity index (χ2n) is 15.5. The summed E-state index contributed by atoms with van der Waals surface area (Å²) in [6, 6.07) is 79.8. The van der Waals surface area contributed by atoms with E-state index in [4.69, 9.17) is 9.97 Å². The highest BCUT2D eigenvalue weighted by Gasteiger charge is 2.21. The zero-order valence-electron chi connectivity index (χ0n) is 33.1. The van der Waals surface area contributed by atoms with Gasteiger partial charge >= 0.3 is 0 Å². The van der Waals surface area contributed by atoms with Crippen molar-refractivity contribution in [3.05, 3.63) is 224 Å². The van der Waals surface area contributed by atoms with Crippen LogP contribution in [0.4, 0.5) is 17.1 Å². The number of nitrogens with zero attached hydrogens (tertiary/aromatic N) is 5. The minimum atomic E-state index is 0.819. The minimum Gasteiger partial charge on any atom is -0.311 e. The van der Waals surface area contributed by atoms with Crippen LogP contribution in [-0.4, -0.2) is 18.9 Å². The zero-order valence-corrected chi connectivity index (χ0v) is 33.1. The Kier molecular flexibility index (Phi) is 8.10. The molecule has 3 aromatic heterocycles. The number of anilines is 3. The Labute approximate surface area is 352 Å². The number of rotatable bonds is 7. The third-order valence-electron chi connectivity index (χ3n) is 11.9. The van der Waals surface area contributed by atoms with Crippen molar-refractivity contribution in [2.24, 2.45) is 0 Å². The van der Waals surface area contributed by atoms with Crippen molar-refractivity contribution in [1.82, 2.24) is 18.9 Å². The monoisotopic (exact) mass is 779 g/mol. The molecule has 61 heavy (non-hydrogen) atoms. The quantitative estimate of drug-likeness (QED) is 0.162. The smallest absolute Gasteiger partial charge is 0.221 e. The summed E-state index contributed by atoms with van der Waals surface area (Å²) in [6.07, 6.45) is 0. The van der Waals surface area contributed by atoms with Gasteiger partial charge in [-0.3, -0.25) is 8.97 Å². The number of benzene rings is 9. The molecule has 0 N–H and O–H groups in total. The van der Waals surface area contributed by atoms with E-state index in [0.717, 1.165) is 72.8 Å². The molecule has 0 saturated carbocycles. The molecule has 0 fully saturated rings. The highest BCUT2D eigenvalue weighted by Crippen LogP contribution is 2.40. The van der Waals surface area contributed by atoms with Gasteiger partial charge in [0.1, 0.15) is 5.65 Å². The first-order chi connectivity index (χ1) is 30.2. The maximum Gasteiger partial charge on any atom is 0.221 e. The van der Waals surface area contributed by atoms with Gasteiger partial charge in [-0.25, -0.2) is 9.97 Å². The highest BCUT2D eigenvalue weighted by molar-refractivity contribution is 6.11. The lowest BCUT2D eigenvalue weighted by Gasteiger charge is -2.26. The van der Waals surface area contributed by atoms with E-state index in [2.05, 4.69) is 226 Å². The molecule has 9 aromatic carbocycles. The van der Waals surface area contributed by atoms with Crippen LogP contribution >= 0.6 is 0 Å². The maximum atomic E-state index is 5.35. The summed E-state index contributed by atoms with van der Waals surface area (Å²) in [5, 5.41) is 3.37. The van der Waals surface area contributed by atoms with E-state index >= 15 is 0 Å². The van der Waals surface area contributed by atoms with Crippen LogP contribution in [-0.2, 0) is 0 Å². The van der Waals surface area contributed by atoms with Crippen LogP contribution in [0.3, 0.4) is 0 Å². The minimum absolute atomic E-state index is 0.819. The number of aromatic nitrogens is 4. The molecule has 0 atom stereocenters. The lowest BCUT2D eigenvalue weighted by atomic mass is 10.0. The second-order valence-corrected chi connectivity index (χ2v) is 15.5. The first-order valence-corrected chi connectivity index (χ1v) is 20.7. The van der Waals surface area contributed by atoms with Gasteiger partial charge in [0.25, 0.3) is 0 Å².